The van der Waals surface area contributed by atoms with Crippen LogP contribution in [0.2, 0.25) is 0 Å². The smallest absolute Gasteiger partial charge is 0.449 e. The second-order valence-electron chi connectivity index (χ2n) is 15.6. The van der Waals surface area contributed by atoms with E-state index in [0.717, 1.165) is 18.4 Å². The van der Waals surface area contributed by atoms with E-state index in [4.69, 9.17) is 14.0 Å². The molecule has 254 valence electrons. The maximum absolute atomic E-state index is 13.8. The van der Waals surface area contributed by atoms with E-state index in [9.17, 15) is 23.6 Å². The van der Waals surface area contributed by atoms with E-state index in [1.54, 1.807) is 23.6 Å². The summed E-state index contributed by atoms with van der Waals surface area (Å²) in [7, 11) is -0.611. The van der Waals surface area contributed by atoms with Gasteiger partial charge in [-0.2, -0.15) is 5.26 Å². The highest BCUT2D eigenvalue weighted by molar-refractivity contribution is 6.47. The number of ether oxygens (including phenoxy) is 1. The van der Waals surface area contributed by atoms with Gasteiger partial charge in [-0.05, 0) is 75.3 Å². The van der Waals surface area contributed by atoms with Crippen LogP contribution in [0.4, 0.5) is 13.6 Å². The largest absolute Gasteiger partial charge is 0.482 e. The number of nitriles is 1. The highest BCUT2D eigenvalue weighted by atomic mass is 19.3. The lowest BCUT2D eigenvalue weighted by molar-refractivity contribution is -0.199. The van der Waals surface area contributed by atoms with Crippen LogP contribution >= 0.6 is 0 Å². The molecular weight excluding hydrogens is 605 g/mol. The molecule has 2 bridgehead atoms. The molecule has 6 aliphatic rings. The molecule has 12 heteroatoms. The van der Waals surface area contributed by atoms with Crippen LogP contribution in [-0.4, -0.2) is 90.8 Å². The van der Waals surface area contributed by atoms with E-state index in [2.05, 4.69) is 26.1 Å². The Morgan fingerprint density at radius 2 is 1.96 bits per heavy atom. The first-order valence-electron chi connectivity index (χ1n) is 17.0. The first-order chi connectivity index (χ1) is 22.1. The van der Waals surface area contributed by atoms with Crippen molar-refractivity contribution in [3.8, 4) is 6.07 Å². The average molecular weight is 653 g/mol. The van der Waals surface area contributed by atoms with E-state index < -0.39 is 48.7 Å². The molecule has 3 aliphatic carbocycles. The average Bonchev–Trinajstić information content (AvgIpc) is 3.74. The van der Waals surface area contributed by atoms with Crippen LogP contribution in [0.3, 0.4) is 0 Å². The minimum absolute atomic E-state index is 0.0170. The summed E-state index contributed by atoms with van der Waals surface area (Å²) in [5, 5.41) is 12.8. The Morgan fingerprint density at radius 3 is 2.62 bits per heavy atom. The maximum Gasteiger partial charge on any atom is 0.482 e. The molecule has 1 aromatic carbocycles. The highest BCUT2D eigenvalue weighted by Crippen LogP contribution is 2.65. The van der Waals surface area contributed by atoms with Crippen LogP contribution in [0.1, 0.15) is 65.9 Å². The van der Waals surface area contributed by atoms with Crippen molar-refractivity contribution in [2.45, 2.75) is 95.8 Å². The van der Waals surface area contributed by atoms with Gasteiger partial charge in [0.15, 0.2) is 0 Å². The number of nitrogens with zero attached hydrogens (tertiary/aromatic N) is 3. The fourth-order valence-corrected chi connectivity index (χ4v) is 8.68. The second-order valence-corrected chi connectivity index (χ2v) is 15.6. The van der Waals surface area contributed by atoms with Crippen molar-refractivity contribution in [3.05, 3.63) is 47.5 Å². The van der Waals surface area contributed by atoms with Crippen molar-refractivity contribution >= 4 is 19.1 Å². The summed E-state index contributed by atoms with van der Waals surface area (Å²) in [6, 6.07) is 11.9. The summed E-state index contributed by atoms with van der Waals surface area (Å²) in [6.45, 7) is 10.9. The molecule has 3 saturated carbocycles. The Bertz CT molecular complexity index is 1430. The van der Waals surface area contributed by atoms with Crippen molar-refractivity contribution < 1.29 is 32.4 Å². The minimum atomic E-state index is -2.77. The minimum Gasteiger partial charge on any atom is -0.449 e. The molecule has 1 N–H and O–H groups in total. The van der Waals surface area contributed by atoms with Crippen molar-refractivity contribution in [1.82, 2.24) is 15.1 Å². The number of alkyl halides is 2. The molecule has 0 unspecified atom stereocenters. The van der Waals surface area contributed by atoms with Crippen LogP contribution in [-0.2, 0) is 25.3 Å². The van der Waals surface area contributed by atoms with Gasteiger partial charge in [0, 0.05) is 37.5 Å². The van der Waals surface area contributed by atoms with Gasteiger partial charge < -0.3 is 24.3 Å². The number of hydrogen-bond donors (Lipinski definition) is 1. The number of alkyl carbamates (subject to hydrolysis) is 1. The molecule has 2 amide bonds. The molecule has 0 aromatic heterocycles. The number of carbonyl (C=O) groups is 2. The molecule has 3 saturated heterocycles. The Kier molecular flexibility index (Phi) is 8.98. The SMILES string of the molecule is CC1(C)[C@@H]2C[C@H]3OB([C@H](Cc4ccccc4)NC(=O)OC[C@H]4CCN(C(=O)/C(C#N)=C/C(C)(C)N5CCC(F)(F)C5)C4)O[C@@]3(C)[C@H]1C2. The number of benzene rings is 1. The quantitative estimate of drug-likeness (QED) is 0.227. The van der Waals surface area contributed by atoms with Crippen LogP contribution in [0.25, 0.3) is 0 Å². The normalized spacial score (nSPS) is 31.9. The second kappa shape index (κ2) is 12.5. The first kappa shape index (κ1) is 33.9. The monoisotopic (exact) mass is 652 g/mol. The van der Waals surface area contributed by atoms with Gasteiger partial charge in [0.1, 0.15) is 11.6 Å². The molecule has 1 aromatic rings. The number of amides is 2. The molecule has 3 heterocycles. The van der Waals surface area contributed by atoms with Crippen molar-refractivity contribution in [2.24, 2.45) is 23.2 Å². The lowest BCUT2D eigenvalue weighted by Crippen LogP contribution is -2.65. The van der Waals surface area contributed by atoms with Crippen LogP contribution < -0.4 is 5.32 Å². The summed E-state index contributed by atoms with van der Waals surface area (Å²) in [5.74, 6) is -2.76. The molecular formula is C35H47BF2N4O5. The third kappa shape index (κ3) is 6.68. The van der Waals surface area contributed by atoms with Crippen molar-refractivity contribution in [1.29, 1.82) is 5.26 Å². The Hall–Kier alpha value is -3.01. The predicted molar refractivity (Wildman–Crippen MR) is 172 cm³/mol. The summed E-state index contributed by atoms with van der Waals surface area (Å²) in [5.41, 5.74) is -0.111. The van der Waals surface area contributed by atoms with E-state index in [-0.39, 0.29) is 42.6 Å². The number of rotatable bonds is 9. The summed E-state index contributed by atoms with van der Waals surface area (Å²) >= 11 is 0. The summed E-state index contributed by atoms with van der Waals surface area (Å²) in [4.78, 5) is 29.6. The fraction of sp³-hybridized carbons (Fsp3) is 0.686. The first-order valence-corrected chi connectivity index (χ1v) is 17.0. The van der Waals surface area contributed by atoms with Gasteiger partial charge in [0.2, 0.25) is 0 Å². The van der Waals surface area contributed by atoms with Gasteiger partial charge in [-0.15, -0.1) is 0 Å². The van der Waals surface area contributed by atoms with Gasteiger partial charge in [-0.25, -0.2) is 13.6 Å². The zero-order valence-electron chi connectivity index (χ0n) is 28.1. The topological polar surface area (TPSA) is 104 Å². The van der Waals surface area contributed by atoms with Crippen LogP contribution in [0, 0.1) is 34.5 Å². The van der Waals surface area contributed by atoms with Gasteiger partial charge in [0.05, 0.1) is 30.8 Å². The van der Waals surface area contributed by atoms with E-state index in [1.165, 1.54) is 6.08 Å². The number of hydrogen-bond acceptors (Lipinski definition) is 7. The van der Waals surface area contributed by atoms with Gasteiger partial charge in [-0.3, -0.25) is 9.69 Å². The molecule has 9 nitrogen and oxygen atoms in total. The number of carbonyl (C=O) groups excluding carboxylic acids is 2. The van der Waals surface area contributed by atoms with Crippen LogP contribution in [0.15, 0.2) is 42.0 Å². The lowest BCUT2D eigenvalue weighted by atomic mass is 9.43. The summed E-state index contributed by atoms with van der Waals surface area (Å²) < 4.78 is 46.6. The Labute approximate surface area is 277 Å². The van der Waals surface area contributed by atoms with E-state index in [0.29, 0.717) is 37.8 Å². The van der Waals surface area contributed by atoms with Crippen LogP contribution in [0.5, 0.6) is 0 Å². The zero-order valence-corrected chi connectivity index (χ0v) is 28.1. The molecule has 3 aliphatic heterocycles. The third-order valence-electron chi connectivity index (χ3n) is 11.8. The van der Waals surface area contributed by atoms with Gasteiger partial charge in [0.25, 0.3) is 11.8 Å². The van der Waals surface area contributed by atoms with E-state index >= 15 is 0 Å². The molecule has 0 spiro atoms. The molecule has 6 atom stereocenters. The zero-order chi connectivity index (χ0) is 33.8. The molecule has 6 fully saturated rings. The van der Waals surface area contributed by atoms with Crippen molar-refractivity contribution in [2.75, 3.05) is 32.8 Å². The Balaban J connectivity index is 1.04. The number of nitrogens with one attached hydrogen (secondary N) is 1. The summed E-state index contributed by atoms with van der Waals surface area (Å²) in [6.07, 6.45) is 3.87. The van der Waals surface area contributed by atoms with E-state index in [1.807, 2.05) is 36.4 Å². The fourth-order valence-electron chi connectivity index (χ4n) is 8.68. The van der Waals surface area contributed by atoms with Gasteiger partial charge in [-0.1, -0.05) is 44.2 Å². The highest BCUT2D eigenvalue weighted by Gasteiger charge is 2.68. The molecule has 47 heavy (non-hydrogen) atoms. The number of likely N-dealkylation sites (tertiary alicyclic amines) is 2. The number of halogens is 2. The predicted octanol–water partition coefficient (Wildman–Crippen LogP) is 5.01. The maximum atomic E-state index is 13.8. The van der Waals surface area contributed by atoms with Crippen molar-refractivity contribution in [3.63, 3.8) is 0 Å². The Morgan fingerprint density at radius 1 is 1.21 bits per heavy atom. The molecule has 0 radical (unpaired) electrons. The third-order valence-corrected chi connectivity index (χ3v) is 11.8. The lowest BCUT2D eigenvalue weighted by Gasteiger charge is -2.64. The molecule has 7 rings (SSSR count). The standard InChI is InChI=1S/C35H47BF2N4O5/c1-32(2,42-14-12-35(37,38)22-42)18-25(19-39)30(43)41-13-11-24(20-41)21-45-31(44)40-29(15-23-9-7-6-8-10-23)36-46-28-17-26-16-27(33(26,3)4)34(28,5)47-36/h6-10,18,24,26-29H,11-17,20-22H2,1-5H3,(H,40,44)/b25-18+/t24-,26-,27-,28+,29-,34-/m0/s1. The van der Waals surface area contributed by atoms with Gasteiger partial charge >= 0.3 is 13.2 Å².